The molecule has 9 nitrogen and oxygen atoms in total. The number of carbonyl (C=O) groups is 2. The maximum absolute atomic E-state index is 16.5. The van der Waals surface area contributed by atoms with Crippen LogP contribution >= 0.6 is 11.6 Å². The largest absolute Gasteiger partial charge is 0.488 e. The summed E-state index contributed by atoms with van der Waals surface area (Å²) in [5, 5.41) is 30.7. The van der Waals surface area contributed by atoms with Crippen LogP contribution in [-0.2, 0) is 5.60 Å². The van der Waals surface area contributed by atoms with Gasteiger partial charge in [-0.3, -0.25) is 4.79 Å². The van der Waals surface area contributed by atoms with Crippen LogP contribution in [-0.4, -0.2) is 62.6 Å². The summed E-state index contributed by atoms with van der Waals surface area (Å²) in [6, 6.07) is 11.9. The third-order valence-electron chi connectivity index (χ3n) is 9.24. The van der Waals surface area contributed by atoms with E-state index in [1.807, 2.05) is 0 Å². The van der Waals surface area contributed by atoms with Gasteiger partial charge in [0.2, 0.25) is 5.91 Å². The predicted molar refractivity (Wildman–Crippen MR) is 172 cm³/mol. The minimum absolute atomic E-state index is 0.00666. The smallest absolute Gasteiger partial charge is 0.407 e. The Labute approximate surface area is 276 Å². The molecule has 2 aliphatic rings. The predicted octanol–water partition coefficient (Wildman–Crippen LogP) is 6.60. The van der Waals surface area contributed by atoms with Crippen molar-refractivity contribution in [3.63, 3.8) is 0 Å². The molecule has 1 fully saturated rings. The summed E-state index contributed by atoms with van der Waals surface area (Å²) < 4.78 is 44.3. The third-order valence-corrected chi connectivity index (χ3v) is 9.61. The van der Waals surface area contributed by atoms with E-state index in [9.17, 15) is 24.9 Å². The van der Waals surface area contributed by atoms with Crippen LogP contribution in [0.2, 0.25) is 5.02 Å². The van der Waals surface area contributed by atoms with Gasteiger partial charge in [0.1, 0.15) is 18.2 Å². The molecule has 3 aromatic rings. The molecule has 2 atom stereocenters. The molecule has 0 spiro atoms. The third kappa shape index (κ3) is 6.61. The van der Waals surface area contributed by atoms with Crippen molar-refractivity contribution < 1.29 is 43.2 Å². The van der Waals surface area contributed by atoms with E-state index in [1.165, 1.54) is 30.9 Å². The molecule has 0 saturated heterocycles. The van der Waals surface area contributed by atoms with Gasteiger partial charge in [-0.1, -0.05) is 48.9 Å². The van der Waals surface area contributed by atoms with E-state index < -0.39 is 63.0 Å². The number of nitrogens with two attached hydrogens (primary N) is 1. The van der Waals surface area contributed by atoms with E-state index in [1.54, 1.807) is 44.2 Å². The van der Waals surface area contributed by atoms with Crippen molar-refractivity contribution in [1.82, 2.24) is 4.90 Å². The number of carbonyl (C=O) groups excluding carboxylic acids is 1. The molecule has 12 heteroatoms. The maximum Gasteiger partial charge on any atom is 0.407 e. The number of rotatable bonds is 9. The molecule has 0 unspecified atom stereocenters. The fourth-order valence-corrected chi connectivity index (χ4v) is 6.95. The Morgan fingerprint density at radius 3 is 2.34 bits per heavy atom. The van der Waals surface area contributed by atoms with E-state index >= 15 is 8.78 Å². The van der Waals surface area contributed by atoms with Gasteiger partial charge in [0.25, 0.3) is 0 Å². The lowest BCUT2D eigenvalue weighted by atomic mass is 9.76. The highest BCUT2D eigenvalue weighted by molar-refractivity contribution is 6.34. The maximum atomic E-state index is 16.5. The van der Waals surface area contributed by atoms with Crippen LogP contribution in [0.3, 0.4) is 0 Å². The first-order chi connectivity index (χ1) is 22.0. The number of benzene rings is 3. The van der Waals surface area contributed by atoms with Gasteiger partial charge in [-0.25, -0.2) is 13.6 Å². The van der Waals surface area contributed by atoms with Gasteiger partial charge in [-0.2, -0.15) is 0 Å². The van der Waals surface area contributed by atoms with Gasteiger partial charge in [-0.05, 0) is 64.2 Å². The lowest BCUT2D eigenvalue weighted by Gasteiger charge is -2.43. The van der Waals surface area contributed by atoms with Gasteiger partial charge < -0.3 is 35.4 Å². The molecule has 1 saturated carbocycles. The zero-order valence-corrected chi connectivity index (χ0v) is 27.4. The van der Waals surface area contributed by atoms with Crippen molar-refractivity contribution in [2.75, 3.05) is 13.2 Å². The van der Waals surface area contributed by atoms with Crippen LogP contribution in [0.5, 0.6) is 11.5 Å². The SMILES string of the molecule is C[C@H]1c2c(cc(F)c(Cl)c2-c2c(C(N)=O)ccc(OCC(C)(C)O)c2F)O[C@]1(CN(C(=O)O)[C@H]1CC[C@](C)(O)CC1)c1ccccc1. The number of hydrogen-bond acceptors (Lipinski definition) is 6. The van der Waals surface area contributed by atoms with Crippen molar-refractivity contribution in [2.24, 2.45) is 5.73 Å². The standard InChI is InChI=1S/C35H39ClF2N2O7/c1-19-26-25(16-23(37)29(36)28(26)27-22(31(39)41)10-11-24(30(27)38)46-18-33(2,3)44)47-35(19,20-8-6-5-7-9-20)17-40(32(42)43)21-12-14-34(4,45)15-13-21/h5-11,16,19,21,44-45H,12-15,17-18H2,1-4H3,(H2,39,41)(H,42,43)/t19-,21-,34-,35-/m0/s1. The topological polar surface area (TPSA) is 143 Å². The van der Waals surface area contributed by atoms with E-state index in [0.717, 1.165) is 6.07 Å². The van der Waals surface area contributed by atoms with Crippen molar-refractivity contribution >= 4 is 23.6 Å². The molecule has 5 rings (SSSR count). The van der Waals surface area contributed by atoms with E-state index in [0.29, 0.717) is 31.2 Å². The number of primary amides is 1. The molecule has 47 heavy (non-hydrogen) atoms. The first kappa shape index (κ1) is 34.4. The summed E-state index contributed by atoms with van der Waals surface area (Å²) in [5.74, 6) is -4.12. The van der Waals surface area contributed by atoms with Crippen LogP contribution in [0.25, 0.3) is 11.1 Å². The van der Waals surface area contributed by atoms with Crippen LogP contribution in [0.1, 0.15) is 80.8 Å². The van der Waals surface area contributed by atoms with Gasteiger partial charge in [-0.15, -0.1) is 0 Å². The number of halogens is 3. The summed E-state index contributed by atoms with van der Waals surface area (Å²) in [5.41, 5.74) is 1.97. The highest BCUT2D eigenvalue weighted by atomic mass is 35.5. The highest BCUT2D eigenvalue weighted by Crippen LogP contribution is 2.57. The van der Waals surface area contributed by atoms with Crippen LogP contribution in [0.4, 0.5) is 13.6 Å². The monoisotopic (exact) mass is 672 g/mol. The van der Waals surface area contributed by atoms with Crippen LogP contribution < -0.4 is 15.2 Å². The summed E-state index contributed by atoms with van der Waals surface area (Å²) in [6.45, 7) is 5.93. The van der Waals surface area contributed by atoms with E-state index in [4.69, 9.17) is 26.8 Å². The van der Waals surface area contributed by atoms with Gasteiger partial charge in [0, 0.05) is 34.7 Å². The lowest BCUT2D eigenvalue weighted by molar-refractivity contribution is -0.0250. The number of fused-ring (bicyclic) bond motifs is 1. The Morgan fingerprint density at radius 1 is 1.13 bits per heavy atom. The van der Waals surface area contributed by atoms with Crippen LogP contribution in [0, 0.1) is 11.6 Å². The fraction of sp³-hybridized carbons (Fsp3) is 0.429. The quantitative estimate of drug-likeness (QED) is 0.201. The normalized spacial score (nSPS) is 23.9. The van der Waals surface area contributed by atoms with Crippen molar-refractivity contribution in [1.29, 1.82) is 0 Å². The van der Waals surface area contributed by atoms with Crippen molar-refractivity contribution in [3.05, 3.63) is 81.9 Å². The molecule has 3 aromatic carbocycles. The molecule has 2 amide bonds. The average molecular weight is 673 g/mol. The second-order valence-electron chi connectivity index (χ2n) is 13.4. The van der Waals surface area contributed by atoms with Crippen molar-refractivity contribution in [2.45, 2.75) is 82.1 Å². The molecule has 0 bridgehead atoms. The summed E-state index contributed by atoms with van der Waals surface area (Å²) >= 11 is 6.61. The Morgan fingerprint density at radius 2 is 1.77 bits per heavy atom. The Bertz CT molecular complexity index is 1690. The molecule has 0 radical (unpaired) electrons. The first-order valence-corrected chi connectivity index (χ1v) is 15.8. The number of ether oxygens (including phenoxy) is 2. The van der Waals surface area contributed by atoms with Gasteiger partial charge in [0.05, 0.1) is 28.3 Å². The molecule has 1 aliphatic heterocycles. The Hall–Kier alpha value is -3.93. The summed E-state index contributed by atoms with van der Waals surface area (Å²) in [7, 11) is 0. The second kappa shape index (κ2) is 12.6. The molecule has 1 aliphatic carbocycles. The van der Waals surface area contributed by atoms with Crippen LogP contribution in [0.15, 0.2) is 48.5 Å². The number of amides is 2. The van der Waals surface area contributed by atoms with E-state index in [2.05, 4.69) is 0 Å². The number of nitrogens with zero attached hydrogens (tertiary/aromatic N) is 1. The minimum atomic E-state index is -1.44. The zero-order chi connectivity index (χ0) is 34.5. The Kier molecular flexibility index (Phi) is 9.22. The molecular weight excluding hydrogens is 634 g/mol. The molecule has 5 N–H and O–H groups in total. The summed E-state index contributed by atoms with van der Waals surface area (Å²) in [4.78, 5) is 26.8. The van der Waals surface area contributed by atoms with Gasteiger partial charge in [0.15, 0.2) is 17.2 Å². The number of hydrogen-bond donors (Lipinski definition) is 4. The fourth-order valence-electron chi connectivity index (χ4n) is 6.70. The molecule has 1 heterocycles. The molecule has 0 aromatic heterocycles. The lowest BCUT2D eigenvalue weighted by Crippen LogP contribution is -2.53. The zero-order valence-electron chi connectivity index (χ0n) is 26.6. The Balaban J connectivity index is 1.70. The minimum Gasteiger partial charge on any atom is -0.488 e. The van der Waals surface area contributed by atoms with E-state index in [-0.39, 0.29) is 41.3 Å². The first-order valence-electron chi connectivity index (χ1n) is 15.4. The molecular formula is C35H39ClF2N2O7. The highest BCUT2D eigenvalue weighted by Gasteiger charge is 2.52. The summed E-state index contributed by atoms with van der Waals surface area (Å²) in [6.07, 6.45) is 0.455. The van der Waals surface area contributed by atoms with Crippen molar-refractivity contribution in [3.8, 4) is 22.6 Å². The second-order valence-corrected chi connectivity index (χ2v) is 13.8. The molecule has 252 valence electrons. The average Bonchev–Trinajstić information content (AvgIpc) is 3.27. The van der Waals surface area contributed by atoms with Gasteiger partial charge >= 0.3 is 6.09 Å². The number of carboxylic acid groups (broad SMARTS) is 1. The number of aliphatic hydroxyl groups is 2.